The second-order valence-corrected chi connectivity index (χ2v) is 17.5. The quantitative estimate of drug-likeness (QED) is 0.194. The lowest BCUT2D eigenvalue weighted by Crippen LogP contribution is -2.44. The van der Waals surface area contributed by atoms with Gasteiger partial charge in [0.2, 0.25) is 5.88 Å². The fourth-order valence-corrected chi connectivity index (χ4v) is 7.12. The Morgan fingerprint density at radius 3 is 2.66 bits per heavy atom. The molecule has 0 radical (unpaired) electrons. The van der Waals surface area contributed by atoms with Gasteiger partial charge in [-0.3, -0.25) is 9.48 Å². The van der Waals surface area contributed by atoms with Gasteiger partial charge in [-0.05, 0) is 74.4 Å². The summed E-state index contributed by atoms with van der Waals surface area (Å²) in [6.07, 6.45) is 10.4. The van der Waals surface area contributed by atoms with Crippen LogP contribution in [0.1, 0.15) is 103 Å². The van der Waals surface area contributed by atoms with Gasteiger partial charge in [0, 0.05) is 25.1 Å². The molecule has 1 unspecified atom stereocenters. The lowest BCUT2D eigenvalue weighted by Gasteiger charge is -2.42. The van der Waals surface area contributed by atoms with E-state index in [2.05, 4.69) is 52.8 Å². The molecule has 2 aliphatic carbocycles. The molecule has 0 aliphatic heterocycles. The molecule has 0 N–H and O–H groups in total. The molecule has 1 aromatic rings. The Labute approximate surface area is 213 Å². The van der Waals surface area contributed by atoms with Crippen LogP contribution in [0.2, 0.25) is 18.1 Å². The molecule has 2 saturated carbocycles. The molecule has 3 rings (SSSR count). The number of fused-ring (bicyclic) bond motifs is 1. The van der Waals surface area contributed by atoms with Gasteiger partial charge in [0.1, 0.15) is 11.3 Å². The molecule has 2 aliphatic rings. The van der Waals surface area contributed by atoms with Crippen LogP contribution in [0.3, 0.4) is 0 Å². The van der Waals surface area contributed by atoms with E-state index in [0.29, 0.717) is 41.6 Å². The summed E-state index contributed by atoms with van der Waals surface area (Å²) >= 11 is 0. The molecule has 0 bridgehead atoms. The number of ether oxygens (including phenoxy) is 1. The molecule has 7 heteroatoms. The van der Waals surface area contributed by atoms with E-state index < -0.39 is 8.32 Å². The highest BCUT2D eigenvalue weighted by Gasteiger charge is 2.52. The lowest BCUT2D eigenvalue weighted by atomic mass is 9.62. The number of hydrogen-bond donors (Lipinski definition) is 0. The highest BCUT2D eigenvalue weighted by atomic mass is 28.4. The number of aromatic nitrogens is 2. The minimum Gasteiger partial charge on any atom is -0.529 e. The van der Waals surface area contributed by atoms with E-state index >= 15 is 0 Å². The second kappa shape index (κ2) is 10.8. The van der Waals surface area contributed by atoms with Gasteiger partial charge in [-0.25, -0.2) is 4.79 Å². The average Bonchev–Trinajstić information content (AvgIpc) is 3.31. The summed E-state index contributed by atoms with van der Waals surface area (Å²) in [5.74, 6) is 2.14. The van der Waals surface area contributed by atoms with E-state index in [1.807, 2.05) is 11.6 Å². The first-order valence-electron chi connectivity index (χ1n) is 13.8. The Bertz CT molecular complexity index is 903. The van der Waals surface area contributed by atoms with Crippen molar-refractivity contribution in [1.29, 1.82) is 0 Å². The van der Waals surface area contributed by atoms with Crippen LogP contribution in [-0.4, -0.2) is 36.5 Å². The van der Waals surface area contributed by atoms with Crippen molar-refractivity contribution in [3.63, 3.8) is 0 Å². The van der Waals surface area contributed by atoms with Crippen molar-refractivity contribution in [3.8, 4) is 5.88 Å². The standard InChI is InChI=1S/C28H48N2O4Si/c1-9-33-26(32)21-19-30(29-25(21)34-35(7,8)27(3,4)5)18-11-10-13-20(2)22-15-16-23-24(31)14-12-17-28(22,23)6/h19-20,22-23H,9-18H2,1-8H3/t20?,22-,23+,28-/m1/s1. The normalized spacial score (nSPS) is 25.9. The first kappa shape index (κ1) is 27.9. The molecule has 2 fully saturated rings. The molecule has 0 aromatic carbocycles. The van der Waals surface area contributed by atoms with Gasteiger partial charge in [0.05, 0.1) is 6.61 Å². The van der Waals surface area contributed by atoms with Crippen molar-refractivity contribution in [2.24, 2.45) is 23.2 Å². The minimum absolute atomic E-state index is 0.0116. The number of nitrogens with zero attached hydrogens (tertiary/aromatic N) is 2. The van der Waals surface area contributed by atoms with E-state index in [1.54, 1.807) is 6.20 Å². The van der Waals surface area contributed by atoms with Gasteiger partial charge < -0.3 is 9.16 Å². The van der Waals surface area contributed by atoms with Gasteiger partial charge in [0.25, 0.3) is 8.32 Å². The highest BCUT2D eigenvalue weighted by Crippen LogP contribution is 2.57. The molecule has 1 heterocycles. The monoisotopic (exact) mass is 504 g/mol. The Kier molecular flexibility index (Phi) is 8.60. The van der Waals surface area contributed by atoms with E-state index in [-0.39, 0.29) is 16.4 Å². The van der Waals surface area contributed by atoms with Gasteiger partial charge in [-0.1, -0.05) is 47.5 Å². The van der Waals surface area contributed by atoms with E-state index in [0.717, 1.165) is 38.6 Å². The number of ketones is 1. The Morgan fingerprint density at radius 1 is 1.29 bits per heavy atom. The van der Waals surface area contributed by atoms with Gasteiger partial charge in [-0.15, -0.1) is 5.10 Å². The summed E-state index contributed by atoms with van der Waals surface area (Å²) in [7, 11) is -2.13. The first-order chi connectivity index (χ1) is 16.3. The maximum absolute atomic E-state index is 12.6. The van der Waals surface area contributed by atoms with Gasteiger partial charge >= 0.3 is 5.97 Å². The number of esters is 1. The smallest absolute Gasteiger partial charge is 0.345 e. The number of carbonyl (C=O) groups excluding carboxylic acids is 2. The summed E-state index contributed by atoms with van der Waals surface area (Å²) in [6.45, 7) is 18.5. The predicted molar refractivity (Wildman–Crippen MR) is 142 cm³/mol. The summed E-state index contributed by atoms with van der Waals surface area (Å²) in [6, 6.07) is 0. The number of aryl methyl sites for hydroxylation is 1. The molecular formula is C28H48N2O4Si. The molecule has 4 atom stereocenters. The maximum atomic E-state index is 12.6. The predicted octanol–water partition coefficient (Wildman–Crippen LogP) is 7.04. The van der Waals surface area contributed by atoms with Crippen LogP contribution in [0.15, 0.2) is 6.20 Å². The Balaban J connectivity index is 1.59. The van der Waals surface area contributed by atoms with Crippen LogP contribution < -0.4 is 4.43 Å². The Morgan fingerprint density at radius 2 is 2.00 bits per heavy atom. The third-order valence-electron chi connectivity index (χ3n) is 9.30. The molecule has 0 spiro atoms. The van der Waals surface area contributed by atoms with Crippen LogP contribution in [0.4, 0.5) is 0 Å². The zero-order valence-electron chi connectivity index (χ0n) is 23.4. The van der Waals surface area contributed by atoms with Crippen LogP contribution in [-0.2, 0) is 16.1 Å². The van der Waals surface area contributed by atoms with Crippen molar-refractivity contribution >= 4 is 20.1 Å². The van der Waals surface area contributed by atoms with Gasteiger partial charge in [0.15, 0.2) is 0 Å². The number of rotatable bonds is 10. The fourth-order valence-electron chi connectivity index (χ4n) is 6.18. The fraction of sp³-hybridized carbons (Fsp3) is 0.821. The number of unbranched alkanes of at least 4 members (excludes halogenated alkanes) is 1. The van der Waals surface area contributed by atoms with Crippen molar-refractivity contribution in [2.45, 2.75) is 118 Å². The van der Waals surface area contributed by atoms with Crippen molar-refractivity contribution in [2.75, 3.05) is 6.61 Å². The number of Topliss-reactive ketones (excluding diaryl/α,β-unsaturated/α-hetero) is 1. The molecular weight excluding hydrogens is 456 g/mol. The summed E-state index contributed by atoms with van der Waals surface area (Å²) in [5.41, 5.74) is 0.637. The molecule has 0 saturated heterocycles. The Hall–Kier alpha value is -1.63. The molecule has 35 heavy (non-hydrogen) atoms. The summed E-state index contributed by atoms with van der Waals surface area (Å²) in [4.78, 5) is 25.1. The topological polar surface area (TPSA) is 70.4 Å². The van der Waals surface area contributed by atoms with E-state index in [4.69, 9.17) is 9.16 Å². The van der Waals surface area contributed by atoms with Crippen molar-refractivity contribution in [1.82, 2.24) is 9.78 Å². The maximum Gasteiger partial charge on any atom is 0.345 e. The van der Waals surface area contributed by atoms with E-state index in [9.17, 15) is 9.59 Å². The SMILES string of the molecule is CCOC(=O)c1cn(CCCCC(C)[C@H]2CC[C@H]3C(=O)CCC[C@]23C)nc1O[Si](C)(C)C(C)(C)C. The zero-order chi connectivity index (χ0) is 26.0. The van der Waals surface area contributed by atoms with Gasteiger partial charge in [-0.2, -0.15) is 0 Å². The third-order valence-corrected chi connectivity index (χ3v) is 13.6. The summed E-state index contributed by atoms with van der Waals surface area (Å²) < 4.78 is 13.5. The van der Waals surface area contributed by atoms with Crippen molar-refractivity contribution < 1.29 is 18.8 Å². The van der Waals surface area contributed by atoms with Crippen LogP contribution in [0, 0.1) is 23.2 Å². The number of carbonyl (C=O) groups is 2. The minimum atomic E-state index is -2.13. The zero-order valence-corrected chi connectivity index (χ0v) is 24.4. The lowest BCUT2D eigenvalue weighted by molar-refractivity contribution is -0.130. The average molecular weight is 505 g/mol. The van der Waals surface area contributed by atoms with Crippen molar-refractivity contribution in [3.05, 3.63) is 11.8 Å². The molecule has 0 amide bonds. The molecule has 1 aromatic heterocycles. The summed E-state index contributed by atoms with van der Waals surface area (Å²) in [5, 5.41) is 4.68. The largest absolute Gasteiger partial charge is 0.529 e. The van der Waals surface area contributed by atoms with Crippen LogP contribution >= 0.6 is 0 Å². The molecule has 198 valence electrons. The van der Waals surface area contributed by atoms with E-state index in [1.165, 1.54) is 19.3 Å². The molecule has 6 nitrogen and oxygen atoms in total. The first-order valence-corrected chi connectivity index (χ1v) is 16.7. The van der Waals surface area contributed by atoms with Crippen LogP contribution in [0.25, 0.3) is 0 Å². The second-order valence-electron chi connectivity index (χ2n) is 12.7. The highest BCUT2D eigenvalue weighted by molar-refractivity contribution is 6.74. The third kappa shape index (κ3) is 6.03. The number of hydrogen-bond acceptors (Lipinski definition) is 5. The van der Waals surface area contributed by atoms with Crippen LogP contribution in [0.5, 0.6) is 5.88 Å².